The van der Waals surface area contributed by atoms with Gasteiger partial charge in [-0.1, -0.05) is 6.07 Å². The third-order valence-electron chi connectivity index (χ3n) is 3.45. The fourth-order valence-electron chi connectivity index (χ4n) is 2.40. The van der Waals surface area contributed by atoms with E-state index in [-0.39, 0.29) is 17.5 Å². The number of nitrogens with zero attached hydrogens (tertiary/aromatic N) is 1. The van der Waals surface area contributed by atoms with E-state index in [0.29, 0.717) is 15.3 Å². The first kappa shape index (κ1) is 16.3. The second kappa shape index (κ2) is 6.17. The molecule has 0 radical (unpaired) electrons. The van der Waals surface area contributed by atoms with Gasteiger partial charge in [0.1, 0.15) is 0 Å². The number of hydrogen-bond donors (Lipinski definition) is 2. The highest BCUT2D eigenvalue weighted by molar-refractivity contribution is 7.84. The third-order valence-corrected chi connectivity index (χ3v) is 5.35. The van der Waals surface area contributed by atoms with Gasteiger partial charge in [-0.3, -0.25) is 13.8 Å². The lowest BCUT2D eigenvalue weighted by atomic mass is 10.2. The number of aromatic nitrogens is 2. The second-order valence-electron chi connectivity index (χ2n) is 5.04. The minimum absolute atomic E-state index is 0.185. The number of fused-ring (bicyclic) bond motifs is 1. The number of thiophene rings is 1. The first-order valence-corrected chi connectivity index (χ1v) is 9.23. The second-order valence-corrected chi connectivity index (χ2v) is 7.38. The van der Waals surface area contributed by atoms with Crippen LogP contribution < -0.4 is 11.2 Å². The van der Waals surface area contributed by atoms with Crippen molar-refractivity contribution >= 4 is 39.0 Å². The molecule has 1 aromatic carbocycles. The Morgan fingerprint density at radius 2 is 2.12 bits per heavy atom. The molecular formula is C15H12N2O5S2. The van der Waals surface area contributed by atoms with Crippen LogP contribution in [0.3, 0.4) is 0 Å². The van der Waals surface area contributed by atoms with Crippen molar-refractivity contribution in [3.8, 4) is 5.69 Å². The topological polar surface area (TPSA) is 109 Å². The van der Waals surface area contributed by atoms with Gasteiger partial charge in [-0.05, 0) is 18.2 Å². The predicted molar refractivity (Wildman–Crippen MR) is 91.7 cm³/mol. The van der Waals surface area contributed by atoms with Crippen molar-refractivity contribution in [1.82, 2.24) is 9.55 Å². The van der Waals surface area contributed by atoms with E-state index >= 15 is 0 Å². The van der Waals surface area contributed by atoms with Gasteiger partial charge < -0.3 is 10.1 Å². The Hall–Kier alpha value is -2.52. The van der Waals surface area contributed by atoms with Crippen LogP contribution in [0.25, 0.3) is 16.6 Å². The number of benzene rings is 1. The number of carboxylic acid groups (broad SMARTS) is 1. The zero-order valence-corrected chi connectivity index (χ0v) is 14.1. The number of carbonyl (C=O) groups is 1. The summed E-state index contributed by atoms with van der Waals surface area (Å²) in [7, 11) is -1.26. The quantitative estimate of drug-likeness (QED) is 0.721. The molecule has 24 heavy (non-hydrogen) atoms. The van der Waals surface area contributed by atoms with Gasteiger partial charge in [0, 0.05) is 32.2 Å². The lowest BCUT2D eigenvalue weighted by Gasteiger charge is -2.07. The minimum Gasteiger partial charge on any atom is -0.481 e. The first-order chi connectivity index (χ1) is 11.4. The van der Waals surface area contributed by atoms with Crippen molar-refractivity contribution in [1.29, 1.82) is 0 Å². The lowest BCUT2D eigenvalue weighted by molar-refractivity contribution is -0.136. The van der Waals surface area contributed by atoms with E-state index in [1.54, 1.807) is 23.6 Å². The van der Waals surface area contributed by atoms with Crippen LogP contribution in [-0.2, 0) is 22.0 Å². The fraction of sp³-hybridized carbons (Fsp3) is 0.133. The van der Waals surface area contributed by atoms with Crippen LogP contribution in [-0.4, -0.2) is 31.1 Å². The first-order valence-electron chi connectivity index (χ1n) is 6.79. The maximum atomic E-state index is 12.8. The van der Waals surface area contributed by atoms with Crippen molar-refractivity contribution in [2.75, 3.05) is 6.26 Å². The van der Waals surface area contributed by atoms with E-state index < -0.39 is 28.0 Å². The Morgan fingerprint density at radius 1 is 1.38 bits per heavy atom. The summed E-state index contributed by atoms with van der Waals surface area (Å²) in [6, 6.07) is 6.30. The maximum absolute atomic E-state index is 12.8. The molecule has 0 fully saturated rings. The Labute approximate surface area is 141 Å². The standard InChI is InChI=1S/C15H12N2O5S2/c1-24(22)9-4-2-3-8(5-9)17-14(20)13-10(16-15(17)21)7-23-11(13)6-12(18)19/h2-5,7H,6H2,1H3,(H,16,21)(H,18,19). The molecule has 0 bridgehead atoms. The molecule has 7 nitrogen and oxygen atoms in total. The van der Waals surface area contributed by atoms with Gasteiger partial charge in [-0.2, -0.15) is 0 Å². The summed E-state index contributed by atoms with van der Waals surface area (Å²) in [5.74, 6) is -1.06. The predicted octanol–water partition coefficient (Wildman–Crippen LogP) is 1.10. The lowest BCUT2D eigenvalue weighted by Crippen LogP contribution is -2.33. The highest BCUT2D eigenvalue weighted by Gasteiger charge is 2.17. The SMILES string of the molecule is CS(=O)c1cccc(-n2c(=O)[nH]c3csc(CC(=O)O)c3c2=O)c1. The number of rotatable bonds is 4. The van der Waals surface area contributed by atoms with Gasteiger partial charge in [0.25, 0.3) is 5.56 Å². The highest BCUT2D eigenvalue weighted by atomic mass is 32.2. The third kappa shape index (κ3) is 2.83. The Kier molecular flexibility index (Phi) is 4.20. The van der Waals surface area contributed by atoms with Crippen molar-refractivity contribution in [2.24, 2.45) is 0 Å². The van der Waals surface area contributed by atoms with Crippen LogP contribution in [0.15, 0.2) is 44.1 Å². The zero-order chi connectivity index (χ0) is 17.4. The molecule has 0 saturated carbocycles. The minimum atomic E-state index is -1.26. The van der Waals surface area contributed by atoms with Crippen LogP contribution in [0.2, 0.25) is 0 Å². The molecule has 2 heterocycles. The summed E-state index contributed by atoms with van der Waals surface area (Å²) in [5.41, 5.74) is -0.627. The van der Waals surface area contributed by atoms with Gasteiger partial charge in [-0.15, -0.1) is 11.3 Å². The molecule has 9 heteroatoms. The normalized spacial score (nSPS) is 12.4. The molecule has 1 atom stereocenters. The molecule has 3 rings (SSSR count). The smallest absolute Gasteiger partial charge is 0.333 e. The van der Waals surface area contributed by atoms with E-state index in [4.69, 9.17) is 5.11 Å². The highest BCUT2D eigenvalue weighted by Crippen LogP contribution is 2.21. The van der Waals surface area contributed by atoms with E-state index in [1.165, 1.54) is 12.3 Å². The van der Waals surface area contributed by atoms with Gasteiger partial charge in [0.15, 0.2) is 0 Å². The number of carboxylic acids is 1. The monoisotopic (exact) mass is 364 g/mol. The van der Waals surface area contributed by atoms with Crippen LogP contribution in [0.1, 0.15) is 4.88 Å². The molecule has 0 aliphatic carbocycles. The molecule has 0 spiro atoms. The zero-order valence-electron chi connectivity index (χ0n) is 12.4. The molecule has 0 amide bonds. The summed E-state index contributed by atoms with van der Waals surface area (Å²) < 4.78 is 12.5. The maximum Gasteiger partial charge on any atom is 0.333 e. The van der Waals surface area contributed by atoms with Crippen LogP contribution >= 0.6 is 11.3 Å². The summed E-state index contributed by atoms with van der Waals surface area (Å²) in [6.07, 6.45) is 1.20. The van der Waals surface area contributed by atoms with E-state index in [1.807, 2.05) is 0 Å². The number of nitrogens with one attached hydrogen (secondary N) is 1. The summed E-state index contributed by atoms with van der Waals surface area (Å²) in [4.78, 5) is 39.5. The van der Waals surface area contributed by atoms with Crippen molar-refractivity contribution in [2.45, 2.75) is 11.3 Å². The molecular weight excluding hydrogens is 352 g/mol. The fourth-order valence-corrected chi connectivity index (χ4v) is 3.92. The van der Waals surface area contributed by atoms with Crippen LogP contribution in [0.5, 0.6) is 0 Å². The summed E-state index contributed by atoms with van der Waals surface area (Å²) in [6.45, 7) is 0. The number of aliphatic carboxylic acids is 1. The average Bonchev–Trinajstić information content (AvgIpc) is 2.89. The Bertz CT molecular complexity index is 1090. The molecule has 0 aliphatic heterocycles. The molecule has 124 valence electrons. The van der Waals surface area contributed by atoms with Crippen LogP contribution in [0, 0.1) is 0 Å². The van der Waals surface area contributed by atoms with E-state index in [0.717, 1.165) is 15.9 Å². The largest absolute Gasteiger partial charge is 0.481 e. The molecule has 0 aliphatic rings. The van der Waals surface area contributed by atoms with Crippen LogP contribution in [0.4, 0.5) is 0 Å². The number of aromatic amines is 1. The summed E-state index contributed by atoms with van der Waals surface area (Å²) in [5, 5.41) is 10.7. The molecule has 1 unspecified atom stereocenters. The molecule has 2 N–H and O–H groups in total. The Morgan fingerprint density at radius 3 is 2.79 bits per heavy atom. The molecule has 3 aromatic rings. The van der Waals surface area contributed by atoms with Gasteiger partial charge >= 0.3 is 11.7 Å². The number of hydrogen-bond acceptors (Lipinski definition) is 5. The summed E-state index contributed by atoms with van der Waals surface area (Å²) >= 11 is 1.11. The van der Waals surface area contributed by atoms with Gasteiger partial charge in [-0.25, -0.2) is 9.36 Å². The van der Waals surface area contributed by atoms with Crippen molar-refractivity contribution in [3.63, 3.8) is 0 Å². The van der Waals surface area contributed by atoms with E-state index in [9.17, 15) is 18.6 Å². The van der Waals surface area contributed by atoms with Gasteiger partial charge in [0.05, 0.1) is 23.0 Å². The van der Waals surface area contributed by atoms with Crippen molar-refractivity contribution < 1.29 is 14.1 Å². The molecule has 0 saturated heterocycles. The van der Waals surface area contributed by atoms with E-state index in [2.05, 4.69) is 4.98 Å². The molecule has 2 aromatic heterocycles. The van der Waals surface area contributed by atoms with Crippen molar-refractivity contribution in [3.05, 3.63) is 55.4 Å². The average molecular weight is 364 g/mol. The Balaban J connectivity index is 2.31. The van der Waals surface area contributed by atoms with Gasteiger partial charge in [0.2, 0.25) is 0 Å². The number of H-pyrrole nitrogens is 1.